The van der Waals surface area contributed by atoms with E-state index in [1.165, 1.54) is 24.3 Å². The van der Waals surface area contributed by atoms with Gasteiger partial charge in [0.25, 0.3) is 0 Å². The van der Waals surface area contributed by atoms with Crippen LogP contribution in [0.25, 0.3) is 0 Å². The molecule has 0 radical (unpaired) electrons. The minimum atomic E-state index is 0.796. The van der Waals surface area contributed by atoms with Crippen molar-refractivity contribution >= 4 is 11.8 Å². The second-order valence-electron chi connectivity index (χ2n) is 6.92. The van der Waals surface area contributed by atoms with E-state index in [9.17, 15) is 0 Å². The molecule has 17 heavy (non-hydrogen) atoms. The molecule has 0 aromatic heterocycles. The zero-order valence-electron chi connectivity index (χ0n) is 11.0. The van der Waals surface area contributed by atoms with Crippen molar-refractivity contribution in [2.45, 2.75) is 51.4 Å². The third kappa shape index (κ3) is 2.68. The maximum absolute atomic E-state index is 5.54. The molecule has 4 saturated carbocycles. The molecule has 0 unspecified atom stereocenters. The highest BCUT2D eigenvalue weighted by molar-refractivity contribution is 7.99. The smallest absolute Gasteiger partial charge is 0.00555 e. The van der Waals surface area contributed by atoms with E-state index in [1.807, 2.05) is 0 Å². The van der Waals surface area contributed by atoms with Gasteiger partial charge < -0.3 is 5.73 Å². The highest BCUT2D eigenvalue weighted by atomic mass is 32.2. The summed E-state index contributed by atoms with van der Waals surface area (Å²) in [5, 5.41) is 0. The van der Waals surface area contributed by atoms with Gasteiger partial charge in [-0.3, -0.25) is 0 Å². The third-order valence-corrected chi connectivity index (χ3v) is 6.50. The highest BCUT2D eigenvalue weighted by Crippen LogP contribution is 2.61. The van der Waals surface area contributed by atoms with Crippen LogP contribution in [-0.4, -0.2) is 18.1 Å². The van der Waals surface area contributed by atoms with Gasteiger partial charge in [0.05, 0.1) is 0 Å². The molecule has 1 nitrogen and oxygen atoms in total. The fourth-order valence-corrected chi connectivity index (χ4v) is 6.32. The predicted molar refractivity (Wildman–Crippen MR) is 76.2 cm³/mol. The summed E-state index contributed by atoms with van der Waals surface area (Å²) in [6.07, 6.45) is 12.2. The Morgan fingerprint density at radius 3 is 2.06 bits per heavy atom. The maximum Gasteiger partial charge on any atom is -0.00555 e. The van der Waals surface area contributed by atoms with Gasteiger partial charge in [-0.1, -0.05) is 0 Å². The molecule has 0 spiro atoms. The first-order chi connectivity index (χ1) is 8.30. The summed E-state index contributed by atoms with van der Waals surface area (Å²) in [5.41, 5.74) is 6.34. The van der Waals surface area contributed by atoms with Crippen molar-refractivity contribution in [1.29, 1.82) is 0 Å². The predicted octanol–water partition coefficient (Wildman–Crippen LogP) is 3.67. The third-order valence-electron chi connectivity index (χ3n) is 5.43. The van der Waals surface area contributed by atoms with Crippen molar-refractivity contribution in [3.63, 3.8) is 0 Å². The van der Waals surface area contributed by atoms with Crippen molar-refractivity contribution < 1.29 is 0 Å². The number of rotatable bonds is 6. The van der Waals surface area contributed by atoms with E-state index in [1.54, 1.807) is 38.5 Å². The Bertz CT molecular complexity index is 228. The van der Waals surface area contributed by atoms with Gasteiger partial charge in [-0.15, -0.1) is 0 Å². The first kappa shape index (κ1) is 12.3. The first-order valence-electron chi connectivity index (χ1n) is 7.57. The Morgan fingerprint density at radius 2 is 1.53 bits per heavy atom. The zero-order chi connectivity index (χ0) is 11.7. The van der Waals surface area contributed by atoms with Gasteiger partial charge in [0.1, 0.15) is 0 Å². The summed E-state index contributed by atoms with van der Waals surface area (Å²) < 4.78 is 0. The van der Waals surface area contributed by atoms with E-state index < -0.39 is 0 Å². The van der Waals surface area contributed by atoms with Crippen LogP contribution < -0.4 is 5.73 Å². The van der Waals surface area contributed by atoms with E-state index in [2.05, 4.69) is 11.8 Å². The van der Waals surface area contributed by atoms with Gasteiger partial charge in [-0.2, -0.15) is 11.8 Å². The van der Waals surface area contributed by atoms with E-state index in [0.717, 1.165) is 29.7 Å². The minimum Gasteiger partial charge on any atom is -0.330 e. The van der Waals surface area contributed by atoms with Crippen LogP contribution in [0.3, 0.4) is 0 Å². The van der Waals surface area contributed by atoms with Crippen molar-refractivity contribution in [1.82, 2.24) is 0 Å². The minimum absolute atomic E-state index is 0.796. The van der Waals surface area contributed by atoms with E-state index in [4.69, 9.17) is 5.73 Å². The van der Waals surface area contributed by atoms with Gasteiger partial charge in [-0.05, 0) is 92.6 Å². The fraction of sp³-hybridized carbons (Fsp3) is 1.00. The molecule has 4 bridgehead atoms. The van der Waals surface area contributed by atoms with Gasteiger partial charge in [-0.25, -0.2) is 0 Å². The summed E-state index contributed by atoms with van der Waals surface area (Å²) in [7, 11) is 0. The molecule has 0 aliphatic heterocycles. The maximum atomic E-state index is 5.54. The average Bonchev–Trinajstić information content (AvgIpc) is 2.26. The monoisotopic (exact) mass is 253 g/mol. The molecule has 0 aromatic rings. The molecule has 4 aliphatic carbocycles. The zero-order valence-corrected chi connectivity index (χ0v) is 11.8. The Morgan fingerprint density at radius 1 is 0.941 bits per heavy atom. The average molecular weight is 253 g/mol. The number of thioether (sulfide) groups is 1. The Hall–Kier alpha value is 0.310. The SMILES string of the molecule is NCCCSCCC12CC3CC(CC(C3)C1)C2. The second kappa shape index (κ2) is 5.13. The summed E-state index contributed by atoms with van der Waals surface area (Å²) >= 11 is 2.15. The topological polar surface area (TPSA) is 26.0 Å². The van der Waals surface area contributed by atoms with Crippen LogP contribution >= 0.6 is 11.8 Å². The molecule has 0 amide bonds. The van der Waals surface area contributed by atoms with Gasteiger partial charge in [0, 0.05) is 0 Å². The van der Waals surface area contributed by atoms with Gasteiger partial charge in [0.15, 0.2) is 0 Å². The molecule has 4 aliphatic rings. The second-order valence-corrected chi connectivity index (χ2v) is 8.15. The van der Waals surface area contributed by atoms with Crippen LogP contribution in [0.1, 0.15) is 51.4 Å². The number of nitrogens with two attached hydrogens (primary N) is 1. The van der Waals surface area contributed by atoms with Gasteiger partial charge in [0.2, 0.25) is 0 Å². The summed E-state index contributed by atoms with van der Waals surface area (Å²) in [6.45, 7) is 0.865. The first-order valence-corrected chi connectivity index (χ1v) is 8.73. The van der Waals surface area contributed by atoms with Crippen LogP contribution in [0.4, 0.5) is 0 Å². The van der Waals surface area contributed by atoms with Crippen molar-refractivity contribution in [2.24, 2.45) is 28.9 Å². The Labute approximate surface area is 110 Å². The van der Waals surface area contributed by atoms with E-state index >= 15 is 0 Å². The Kier molecular flexibility index (Phi) is 3.72. The van der Waals surface area contributed by atoms with Crippen LogP contribution in [0, 0.1) is 23.2 Å². The van der Waals surface area contributed by atoms with Crippen molar-refractivity contribution in [3.8, 4) is 0 Å². The van der Waals surface area contributed by atoms with Crippen molar-refractivity contribution in [3.05, 3.63) is 0 Å². The normalized spacial score (nSPS) is 43.2. The molecule has 2 heteroatoms. The molecular formula is C15H27NS. The molecule has 98 valence electrons. The lowest BCUT2D eigenvalue weighted by Crippen LogP contribution is -2.46. The highest BCUT2D eigenvalue weighted by Gasteiger charge is 2.50. The quantitative estimate of drug-likeness (QED) is 0.731. The summed E-state index contributed by atoms with van der Waals surface area (Å²) in [6, 6.07) is 0. The molecule has 0 saturated heterocycles. The molecule has 0 atom stereocenters. The Balaban J connectivity index is 1.49. The molecule has 4 rings (SSSR count). The molecule has 0 aromatic carbocycles. The molecular weight excluding hydrogens is 226 g/mol. The number of hydrogen-bond donors (Lipinski definition) is 1. The summed E-state index contributed by atoms with van der Waals surface area (Å²) in [5.74, 6) is 6.04. The lowest BCUT2D eigenvalue weighted by atomic mass is 9.49. The number of hydrogen-bond acceptors (Lipinski definition) is 2. The standard InChI is InChI=1S/C15H27NS/c16-3-1-4-17-5-2-15-9-12-6-13(10-15)8-14(7-12)11-15/h12-14H,1-11,16H2. The molecule has 2 N–H and O–H groups in total. The van der Waals surface area contributed by atoms with Gasteiger partial charge >= 0.3 is 0 Å². The molecule has 4 fully saturated rings. The molecule has 0 heterocycles. The van der Waals surface area contributed by atoms with E-state index in [0.29, 0.717) is 0 Å². The van der Waals surface area contributed by atoms with Crippen LogP contribution in [0.2, 0.25) is 0 Å². The fourth-order valence-electron chi connectivity index (χ4n) is 5.17. The lowest BCUT2D eigenvalue weighted by Gasteiger charge is -2.57. The van der Waals surface area contributed by atoms with Crippen molar-refractivity contribution in [2.75, 3.05) is 18.1 Å². The van der Waals surface area contributed by atoms with Crippen LogP contribution in [0.5, 0.6) is 0 Å². The van der Waals surface area contributed by atoms with E-state index in [-0.39, 0.29) is 0 Å². The summed E-state index contributed by atoms with van der Waals surface area (Å²) in [4.78, 5) is 0. The van der Waals surface area contributed by atoms with Crippen LogP contribution in [0.15, 0.2) is 0 Å². The lowest BCUT2D eigenvalue weighted by molar-refractivity contribution is -0.0538. The van der Waals surface area contributed by atoms with Crippen LogP contribution in [-0.2, 0) is 0 Å². The largest absolute Gasteiger partial charge is 0.330 e.